The van der Waals surface area contributed by atoms with Crippen molar-refractivity contribution in [1.82, 2.24) is 4.90 Å². The third-order valence-corrected chi connectivity index (χ3v) is 4.82. The van der Waals surface area contributed by atoms with Gasteiger partial charge in [0, 0.05) is 20.2 Å². The van der Waals surface area contributed by atoms with E-state index >= 15 is 0 Å². The smallest absolute Gasteiger partial charge is 0.0589 e. The van der Waals surface area contributed by atoms with Gasteiger partial charge in [-0.05, 0) is 54.1 Å². The van der Waals surface area contributed by atoms with Crippen LogP contribution in [0.25, 0.3) is 5.57 Å². The van der Waals surface area contributed by atoms with Gasteiger partial charge in [-0.25, -0.2) is 0 Å². The fourth-order valence-electron chi connectivity index (χ4n) is 3.42. The summed E-state index contributed by atoms with van der Waals surface area (Å²) in [7, 11) is 3.92. The molecule has 0 heterocycles. The van der Waals surface area contributed by atoms with Crippen molar-refractivity contribution in [3.63, 3.8) is 0 Å². The van der Waals surface area contributed by atoms with Crippen molar-refractivity contribution >= 4 is 5.57 Å². The van der Waals surface area contributed by atoms with Crippen LogP contribution in [0.3, 0.4) is 0 Å². The molecule has 1 aliphatic rings. The maximum Gasteiger partial charge on any atom is 0.0589 e. The molecule has 0 bridgehead atoms. The Hall–Kier alpha value is -1.90. The first-order valence-electron chi connectivity index (χ1n) is 8.84. The first-order chi connectivity index (χ1) is 11.8. The maximum atomic E-state index is 5.16. The van der Waals surface area contributed by atoms with E-state index < -0.39 is 0 Å². The van der Waals surface area contributed by atoms with Crippen molar-refractivity contribution in [3.05, 3.63) is 76.9 Å². The molecule has 1 aliphatic carbocycles. The third kappa shape index (κ3) is 3.95. The molecule has 2 nitrogen and oxygen atoms in total. The highest BCUT2D eigenvalue weighted by Crippen LogP contribution is 2.33. The third-order valence-electron chi connectivity index (χ3n) is 4.82. The zero-order chi connectivity index (χ0) is 16.8. The number of hydrogen-bond donors (Lipinski definition) is 0. The normalized spacial score (nSPS) is 13.4. The minimum absolute atomic E-state index is 0.790. The van der Waals surface area contributed by atoms with Crippen LogP contribution in [0.15, 0.2) is 54.6 Å². The number of ether oxygens (including phenoxy) is 1. The molecule has 2 aromatic carbocycles. The summed E-state index contributed by atoms with van der Waals surface area (Å²) in [4.78, 5) is 2.33. The lowest BCUT2D eigenvalue weighted by Crippen LogP contribution is -2.23. The van der Waals surface area contributed by atoms with Gasteiger partial charge in [0.05, 0.1) is 6.61 Å². The van der Waals surface area contributed by atoms with Gasteiger partial charge in [0.15, 0.2) is 0 Å². The van der Waals surface area contributed by atoms with Crippen LogP contribution in [0.2, 0.25) is 0 Å². The fourth-order valence-corrected chi connectivity index (χ4v) is 3.42. The van der Waals surface area contributed by atoms with Gasteiger partial charge in [0.1, 0.15) is 0 Å². The summed E-state index contributed by atoms with van der Waals surface area (Å²) in [5, 5.41) is 0. The van der Waals surface area contributed by atoms with E-state index in [0.29, 0.717) is 0 Å². The minimum atomic E-state index is 0.790. The van der Waals surface area contributed by atoms with Crippen molar-refractivity contribution in [2.45, 2.75) is 19.3 Å². The summed E-state index contributed by atoms with van der Waals surface area (Å²) in [5.74, 6) is 0. The highest BCUT2D eigenvalue weighted by atomic mass is 16.5. The Labute approximate surface area is 145 Å². The number of hydrogen-bond acceptors (Lipinski definition) is 2. The maximum absolute atomic E-state index is 5.16. The Morgan fingerprint density at radius 1 is 0.917 bits per heavy atom. The van der Waals surface area contributed by atoms with Crippen LogP contribution in [0.1, 0.15) is 28.7 Å². The quantitative estimate of drug-likeness (QED) is 0.791. The zero-order valence-electron chi connectivity index (χ0n) is 14.8. The molecule has 3 rings (SSSR count). The van der Waals surface area contributed by atoms with Crippen LogP contribution < -0.4 is 0 Å². The lowest BCUT2D eigenvalue weighted by Gasteiger charge is -2.16. The Morgan fingerprint density at radius 3 is 2.08 bits per heavy atom. The molecule has 0 amide bonds. The molecule has 0 N–H and O–H groups in total. The molecule has 126 valence electrons. The van der Waals surface area contributed by atoms with Gasteiger partial charge in [0.2, 0.25) is 0 Å². The van der Waals surface area contributed by atoms with Crippen LogP contribution in [0.4, 0.5) is 0 Å². The van der Waals surface area contributed by atoms with Crippen molar-refractivity contribution in [3.8, 4) is 0 Å². The second kappa shape index (κ2) is 8.27. The highest BCUT2D eigenvalue weighted by Gasteiger charge is 2.16. The molecule has 0 unspecified atom stereocenters. The van der Waals surface area contributed by atoms with Gasteiger partial charge in [-0.1, -0.05) is 54.6 Å². The molecule has 0 fully saturated rings. The Bertz CT molecular complexity index is 655. The molecule has 0 radical (unpaired) electrons. The Kier molecular flexibility index (Phi) is 5.84. The topological polar surface area (TPSA) is 12.5 Å². The van der Waals surface area contributed by atoms with Gasteiger partial charge >= 0.3 is 0 Å². The van der Waals surface area contributed by atoms with E-state index in [9.17, 15) is 0 Å². The summed E-state index contributed by atoms with van der Waals surface area (Å²) in [6, 6.07) is 17.7. The summed E-state index contributed by atoms with van der Waals surface area (Å²) in [6.45, 7) is 2.82. The number of methoxy groups -OCH3 is 1. The largest absolute Gasteiger partial charge is 0.383 e. The van der Waals surface area contributed by atoms with Crippen LogP contribution in [-0.4, -0.2) is 38.8 Å². The second-order valence-corrected chi connectivity index (χ2v) is 6.52. The van der Waals surface area contributed by atoms with Crippen LogP contribution >= 0.6 is 0 Å². The lowest BCUT2D eigenvalue weighted by molar-refractivity contribution is 0.162. The first kappa shape index (κ1) is 16.9. The molecule has 2 aromatic rings. The van der Waals surface area contributed by atoms with Crippen LogP contribution in [0, 0.1) is 0 Å². The average Bonchev–Trinajstić information content (AvgIpc) is 2.78. The molecule has 0 saturated carbocycles. The summed E-state index contributed by atoms with van der Waals surface area (Å²) >= 11 is 0. The van der Waals surface area contributed by atoms with E-state index in [2.05, 4.69) is 66.6 Å². The van der Waals surface area contributed by atoms with Crippen LogP contribution in [0.5, 0.6) is 0 Å². The first-order valence-corrected chi connectivity index (χ1v) is 8.84. The molecule has 0 spiro atoms. The standard InChI is InChI=1S/C22H27NO/c1-23(16-17-24-2)15-7-12-22-20-10-5-3-8-18(20)13-14-19-9-4-6-11-21(19)22/h3-6,8-12H,7,13-17H2,1-2H3. The molecular formula is C22H27NO. The van der Waals surface area contributed by atoms with Crippen molar-refractivity contribution in [2.75, 3.05) is 33.9 Å². The van der Waals surface area contributed by atoms with Gasteiger partial charge < -0.3 is 9.64 Å². The Morgan fingerprint density at radius 2 is 1.50 bits per heavy atom. The molecular weight excluding hydrogens is 294 g/mol. The number of nitrogens with zero attached hydrogens (tertiary/aromatic N) is 1. The number of fused-ring (bicyclic) bond motifs is 2. The van der Waals surface area contributed by atoms with E-state index in [1.807, 2.05) is 0 Å². The van der Waals surface area contributed by atoms with E-state index in [4.69, 9.17) is 4.74 Å². The van der Waals surface area contributed by atoms with Crippen molar-refractivity contribution in [2.24, 2.45) is 0 Å². The predicted octanol–water partition coefficient (Wildman–Crippen LogP) is 4.19. The summed E-state index contributed by atoms with van der Waals surface area (Å²) in [5.41, 5.74) is 7.14. The number of benzene rings is 2. The van der Waals surface area contributed by atoms with E-state index in [-0.39, 0.29) is 0 Å². The SMILES string of the molecule is COCCN(C)CCC=C1c2ccccc2CCc2ccccc21. The molecule has 0 saturated heterocycles. The summed E-state index contributed by atoms with van der Waals surface area (Å²) in [6.07, 6.45) is 5.72. The molecule has 2 heteroatoms. The predicted molar refractivity (Wildman–Crippen MR) is 101 cm³/mol. The summed E-state index contributed by atoms with van der Waals surface area (Å²) < 4.78 is 5.16. The van der Waals surface area contributed by atoms with E-state index in [0.717, 1.165) is 39.0 Å². The highest BCUT2D eigenvalue weighted by molar-refractivity contribution is 5.83. The lowest BCUT2D eigenvalue weighted by atomic mass is 9.93. The average molecular weight is 321 g/mol. The Balaban J connectivity index is 1.86. The molecule has 0 aromatic heterocycles. The second-order valence-electron chi connectivity index (χ2n) is 6.52. The molecule has 0 atom stereocenters. The van der Waals surface area contributed by atoms with E-state index in [1.54, 1.807) is 7.11 Å². The number of rotatable bonds is 6. The van der Waals surface area contributed by atoms with Gasteiger partial charge in [-0.3, -0.25) is 0 Å². The van der Waals surface area contributed by atoms with Crippen molar-refractivity contribution < 1.29 is 4.74 Å². The van der Waals surface area contributed by atoms with Crippen LogP contribution in [-0.2, 0) is 17.6 Å². The molecule has 0 aliphatic heterocycles. The fraction of sp³-hybridized carbons (Fsp3) is 0.364. The number of likely N-dealkylation sites (N-methyl/N-ethyl adjacent to an activating group) is 1. The van der Waals surface area contributed by atoms with Crippen molar-refractivity contribution in [1.29, 1.82) is 0 Å². The number of aryl methyl sites for hydroxylation is 2. The van der Waals surface area contributed by atoms with E-state index in [1.165, 1.54) is 27.8 Å². The monoisotopic (exact) mass is 321 g/mol. The van der Waals surface area contributed by atoms with Gasteiger partial charge in [0.25, 0.3) is 0 Å². The van der Waals surface area contributed by atoms with Gasteiger partial charge in [-0.2, -0.15) is 0 Å². The van der Waals surface area contributed by atoms with Gasteiger partial charge in [-0.15, -0.1) is 0 Å². The molecule has 24 heavy (non-hydrogen) atoms. The zero-order valence-corrected chi connectivity index (χ0v) is 14.8. The minimum Gasteiger partial charge on any atom is -0.383 e.